The fourth-order valence-electron chi connectivity index (χ4n) is 4.59. The zero-order valence-electron chi connectivity index (χ0n) is 19.1. The number of hydrogen-bond acceptors (Lipinski definition) is 4. The highest BCUT2D eigenvalue weighted by atomic mass is 16.2. The van der Waals surface area contributed by atoms with E-state index < -0.39 is 0 Å². The Hall–Kier alpha value is -2.83. The normalized spacial score (nSPS) is 16.1. The van der Waals surface area contributed by atoms with Crippen LogP contribution >= 0.6 is 0 Å². The summed E-state index contributed by atoms with van der Waals surface area (Å²) in [7, 11) is 1.72. The number of aromatic nitrogens is 4. The highest BCUT2D eigenvalue weighted by Gasteiger charge is 2.29. The molecule has 3 aromatic rings. The molecule has 0 spiro atoms. The molecule has 2 aromatic heterocycles. The van der Waals surface area contributed by atoms with Crippen LogP contribution in [0.5, 0.6) is 0 Å². The SMILES string of the molecule is CCCCCCCn1c(=O)c2c(nc3n2CC(C)CN3c2cccc(C)c2)n(C)c1=O. The standard InChI is InChI=1S/C24H33N5O2/c1-5-6-7-8-9-13-27-22(30)20-21(26(4)24(27)31)25-23-28(15-18(3)16-29(20)23)19-12-10-11-17(2)14-19/h10-12,14,18H,5-9,13,15-16H2,1-4H3. The molecule has 31 heavy (non-hydrogen) atoms. The topological polar surface area (TPSA) is 65.1 Å². The van der Waals surface area contributed by atoms with Crippen LogP contribution in [0.25, 0.3) is 11.2 Å². The van der Waals surface area contributed by atoms with Crippen molar-refractivity contribution >= 4 is 22.8 Å². The van der Waals surface area contributed by atoms with Gasteiger partial charge in [-0.15, -0.1) is 0 Å². The van der Waals surface area contributed by atoms with E-state index in [1.807, 2.05) is 10.6 Å². The third-order valence-electron chi connectivity index (χ3n) is 6.24. The first-order valence-electron chi connectivity index (χ1n) is 11.5. The first kappa shape index (κ1) is 21.4. The molecule has 1 unspecified atom stereocenters. The predicted molar refractivity (Wildman–Crippen MR) is 125 cm³/mol. The van der Waals surface area contributed by atoms with Crippen molar-refractivity contribution in [3.8, 4) is 0 Å². The Morgan fingerprint density at radius 2 is 1.87 bits per heavy atom. The molecule has 0 saturated carbocycles. The van der Waals surface area contributed by atoms with Crippen molar-refractivity contribution in [1.82, 2.24) is 18.7 Å². The second-order valence-electron chi connectivity index (χ2n) is 8.96. The van der Waals surface area contributed by atoms with Crippen molar-refractivity contribution in [3.05, 3.63) is 50.7 Å². The van der Waals surface area contributed by atoms with E-state index in [2.05, 4.69) is 43.9 Å². The average molecular weight is 424 g/mol. The van der Waals surface area contributed by atoms with E-state index in [9.17, 15) is 9.59 Å². The van der Waals surface area contributed by atoms with Crippen LogP contribution < -0.4 is 16.1 Å². The maximum atomic E-state index is 13.4. The van der Waals surface area contributed by atoms with Gasteiger partial charge in [-0.2, -0.15) is 4.98 Å². The van der Waals surface area contributed by atoms with E-state index in [1.54, 1.807) is 7.05 Å². The largest absolute Gasteiger partial charge is 0.332 e. The van der Waals surface area contributed by atoms with E-state index in [0.29, 0.717) is 23.6 Å². The molecule has 166 valence electrons. The first-order chi connectivity index (χ1) is 14.9. The summed E-state index contributed by atoms with van der Waals surface area (Å²) in [6.07, 6.45) is 5.37. The first-order valence-corrected chi connectivity index (χ1v) is 11.5. The van der Waals surface area contributed by atoms with Gasteiger partial charge >= 0.3 is 5.69 Å². The maximum Gasteiger partial charge on any atom is 0.332 e. The van der Waals surface area contributed by atoms with Crippen molar-refractivity contribution in [1.29, 1.82) is 0 Å². The Morgan fingerprint density at radius 1 is 1.10 bits per heavy atom. The molecule has 0 N–H and O–H groups in total. The van der Waals surface area contributed by atoms with Crippen molar-refractivity contribution in [3.63, 3.8) is 0 Å². The van der Waals surface area contributed by atoms with Gasteiger partial charge in [-0.3, -0.25) is 13.9 Å². The van der Waals surface area contributed by atoms with Crippen LogP contribution in [0.15, 0.2) is 33.9 Å². The molecule has 1 aliphatic heterocycles. The summed E-state index contributed by atoms with van der Waals surface area (Å²) in [4.78, 5) is 33.4. The number of anilines is 2. The highest BCUT2D eigenvalue weighted by molar-refractivity contribution is 5.77. The van der Waals surface area contributed by atoms with E-state index in [4.69, 9.17) is 4.98 Å². The monoisotopic (exact) mass is 423 g/mol. The molecule has 0 bridgehead atoms. The molecule has 0 amide bonds. The number of rotatable bonds is 7. The Morgan fingerprint density at radius 3 is 2.61 bits per heavy atom. The van der Waals surface area contributed by atoms with Gasteiger partial charge in [0.15, 0.2) is 11.2 Å². The summed E-state index contributed by atoms with van der Waals surface area (Å²) in [6.45, 7) is 8.44. The summed E-state index contributed by atoms with van der Waals surface area (Å²) >= 11 is 0. The van der Waals surface area contributed by atoms with Gasteiger partial charge in [-0.05, 0) is 37.0 Å². The zero-order chi connectivity index (χ0) is 22.1. The Kier molecular flexibility index (Phi) is 6.03. The lowest BCUT2D eigenvalue weighted by Crippen LogP contribution is -2.40. The summed E-state index contributed by atoms with van der Waals surface area (Å²) in [6, 6.07) is 8.32. The summed E-state index contributed by atoms with van der Waals surface area (Å²) in [5, 5.41) is 0. The number of nitrogens with zero attached hydrogens (tertiary/aromatic N) is 5. The fraction of sp³-hybridized carbons (Fsp3) is 0.542. The smallest absolute Gasteiger partial charge is 0.312 e. The molecule has 4 rings (SSSR count). The lowest BCUT2D eigenvalue weighted by Gasteiger charge is -2.33. The van der Waals surface area contributed by atoms with Crippen LogP contribution in [0.4, 0.5) is 11.6 Å². The average Bonchev–Trinajstić information content (AvgIpc) is 3.13. The second kappa shape index (κ2) is 8.73. The van der Waals surface area contributed by atoms with Crippen LogP contribution in [0, 0.1) is 12.8 Å². The van der Waals surface area contributed by atoms with Crippen LogP contribution in [-0.4, -0.2) is 25.2 Å². The molecule has 1 atom stereocenters. The van der Waals surface area contributed by atoms with Gasteiger partial charge in [0, 0.05) is 32.4 Å². The lowest BCUT2D eigenvalue weighted by molar-refractivity contribution is 0.457. The third-order valence-corrected chi connectivity index (χ3v) is 6.24. The lowest BCUT2D eigenvalue weighted by atomic mass is 10.1. The number of benzene rings is 1. The summed E-state index contributed by atoms with van der Waals surface area (Å²) in [5.74, 6) is 1.09. The van der Waals surface area contributed by atoms with E-state index in [1.165, 1.54) is 27.5 Å². The molecular weight excluding hydrogens is 390 g/mol. The Labute approximate surface area is 182 Å². The molecule has 7 nitrogen and oxygen atoms in total. The van der Waals surface area contributed by atoms with Gasteiger partial charge in [-0.25, -0.2) is 4.79 Å². The highest BCUT2D eigenvalue weighted by Crippen LogP contribution is 2.33. The molecule has 0 fully saturated rings. The molecule has 0 radical (unpaired) electrons. The molecule has 1 aliphatic rings. The van der Waals surface area contributed by atoms with Crippen molar-refractivity contribution in [2.24, 2.45) is 13.0 Å². The Balaban J connectivity index is 1.81. The number of aryl methyl sites for hydroxylation is 2. The molecular formula is C24H33N5O2. The minimum absolute atomic E-state index is 0.217. The van der Waals surface area contributed by atoms with Gasteiger partial charge in [0.1, 0.15) is 0 Å². The number of hydrogen-bond donors (Lipinski definition) is 0. The maximum absolute atomic E-state index is 13.4. The van der Waals surface area contributed by atoms with Gasteiger partial charge in [0.2, 0.25) is 5.95 Å². The van der Waals surface area contributed by atoms with E-state index >= 15 is 0 Å². The van der Waals surface area contributed by atoms with Crippen LogP contribution in [0.3, 0.4) is 0 Å². The molecule has 7 heteroatoms. The number of imidazole rings is 1. The molecule has 0 aliphatic carbocycles. The van der Waals surface area contributed by atoms with Crippen molar-refractivity contribution < 1.29 is 0 Å². The van der Waals surface area contributed by atoms with Gasteiger partial charge < -0.3 is 9.47 Å². The van der Waals surface area contributed by atoms with Crippen LogP contribution in [0.1, 0.15) is 51.5 Å². The number of unbranched alkanes of at least 4 members (excludes halogenated alkanes) is 4. The van der Waals surface area contributed by atoms with Crippen LogP contribution in [0.2, 0.25) is 0 Å². The van der Waals surface area contributed by atoms with E-state index in [0.717, 1.165) is 44.0 Å². The quantitative estimate of drug-likeness (QED) is 0.540. The van der Waals surface area contributed by atoms with Gasteiger partial charge in [-0.1, -0.05) is 51.7 Å². The molecule has 1 aromatic carbocycles. The predicted octanol–water partition coefficient (Wildman–Crippen LogP) is 3.96. The van der Waals surface area contributed by atoms with E-state index in [-0.39, 0.29) is 11.2 Å². The minimum atomic E-state index is -0.279. The van der Waals surface area contributed by atoms with Crippen molar-refractivity contribution in [2.75, 3.05) is 11.4 Å². The Bertz CT molecular complexity index is 1200. The minimum Gasteiger partial charge on any atom is -0.312 e. The second-order valence-corrected chi connectivity index (χ2v) is 8.96. The third kappa shape index (κ3) is 3.93. The van der Waals surface area contributed by atoms with Gasteiger partial charge in [0.05, 0.1) is 0 Å². The van der Waals surface area contributed by atoms with Crippen LogP contribution in [-0.2, 0) is 20.1 Å². The summed E-state index contributed by atoms with van der Waals surface area (Å²) in [5.41, 5.74) is 2.75. The van der Waals surface area contributed by atoms with Gasteiger partial charge in [0.25, 0.3) is 5.56 Å². The zero-order valence-corrected chi connectivity index (χ0v) is 19.1. The molecule has 3 heterocycles. The van der Waals surface area contributed by atoms with Crippen molar-refractivity contribution in [2.45, 2.75) is 66.0 Å². The number of fused-ring (bicyclic) bond motifs is 3. The molecule has 0 saturated heterocycles. The fourth-order valence-corrected chi connectivity index (χ4v) is 4.59. The summed E-state index contributed by atoms with van der Waals surface area (Å²) < 4.78 is 4.95.